The van der Waals surface area contributed by atoms with Crippen LogP contribution in [-0.2, 0) is 0 Å². The van der Waals surface area contributed by atoms with Crippen molar-refractivity contribution in [2.24, 2.45) is 16.7 Å². The van der Waals surface area contributed by atoms with Crippen LogP contribution in [0.15, 0.2) is 11.6 Å². The van der Waals surface area contributed by atoms with Gasteiger partial charge in [0, 0.05) is 0 Å². The summed E-state index contributed by atoms with van der Waals surface area (Å²) in [5, 5.41) is 0. The molecule has 0 aliphatic heterocycles. The molecule has 0 bridgehead atoms. The molecule has 0 saturated heterocycles. The summed E-state index contributed by atoms with van der Waals surface area (Å²) in [5.74, 6) is 0.925. The third kappa shape index (κ3) is 1.34. The van der Waals surface area contributed by atoms with E-state index < -0.39 is 0 Å². The second-order valence-corrected chi connectivity index (χ2v) is 6.30. The van der Waals surface area contributed by atoms with Gasteiger partial charge in [-0.25, -0.2) is 0 Å². The molecule has 2 aliphatic rings. The lowest BCUT2D eigenvalue weighted by Crippen LogP contribution is -2.43. The monoisotopic (exact) mass is 192 g/mol. The van der Waals surface area contributed by atoms with Crippen molar-refractivity contribution in [2.45, 2.75) is 59.8 Å². The lowest BCUT2D eigenvalue weighted by atomic mass is 9.52. The average molecular weight is 192 g/mol. The van der Waals surface area contributed by atoms with E-state index in [1.165, 1.54) is 32.1 Å². The van der Waals surface area contributed by atoms with Gasteiger partial charge in [0.05, 0.1) is 0 Å². The molecular weight excluding hydrogens is 168 g/mol. The van der Waals surface area contributed by atoms with Gasteiger partial charge in [0.25, 0.3) is 0 Å². The van der Waals surface area contributed by atoms with Crippen LogP contribution in [0.3, 0.4) is 0 Å². The third-order valence-electron chi connectivity index (χ3n) is 4.99. The van der Waals surface area contributed by atoms with Gasteiger partial charge in [-0.15, -0.1) is 0 Å². The van der Waals surface area contributed by atoms with Crippen LogP contribution in [0.25, 0.3) is 0 Å². The molecule has 2 atom stereocenters. The molecule has 0 aromatic rings. The van der Waals surface area contributed by atoms with Crippen molar-refractivity contribution < 1.29 is 0 Å². The molecular formula is C14H24. The minimum Gasteiger partial charge on any atom is -0.0845 e. The van der Waals surface area contributed by atoms with Crippen LogP contribution in [0.2, 0.25) is 0 Å². The van der Waals surface area contributed by atoms with Gasteiger partial charge in [-0.05, 0) is 42.9 Å². The Bertz CT molecular complexity index is 259. The highest BCUT2D eigenvalue weighted by molar-refractivity contribution is 5.20. The summed E-state index contributed by atoms with van der Waals surface area (Å²) in [6.07, 6.45) is 9.56. The van der Waals surface area contributed by atoms with Gasteiger partial charge in [-0.1, -0.05) is 45.3 Å². The molecule has 14 heavy (non-hydrogen) atoms. The van der Waals surface area contributed by atoms with Gasteiger partial charge in [-0.3, -0.25) is 0 Å². The third-order valence-corrected chi connectivity index (χ3v) is 4.99. The topological polar surface area (TPSA) is 0 Å². The zero-order valence-corrected chi connectivity index (χ0v) is 10.2. The Morgan fingerprint density at radius 3 is 2.57 bits per heavy atom. The first-order valence-corrected chi connectivity index (χ1v) is 6.14. The molecule has 1 saturated carbocycles. The maximum Gasteiger partial charge on any atom is -0.00857 e. The van der Waals surface area contributed by atoms with E-state index in [-0.39, 0.29) is 0 Å². The van der Waals surface area contributed by atoms with Crippen molar-refractivity contribution in [1.82, 2.24) is 0 Å². The summed E-state index contributed by atoms with van der Waals surface area (Å²) in [5.41, 5.74) is 2.73. The predicted octanol–water partition coefficient (Wildman–Crippen LogP) is 4.56. The zero-order valence-electron chi connectivity index (χ0n) is 10.2. The van der Waals surface area contributed by atoms with Gasteiger partial charge in [0.1, 0.15) is 0 Å². The van der Waals surface area contributed by atoms with Crippen LogP contribution < -0.4 is 0 Å². The van der Waals surface area contributed by atoms with E-state index in [4.69, 9.17) is 0 Å². The summed E-state index contributed by atoms with van der Waals surface area (Å²) in [6.45, 7) is 9.78. The average Bonchev–Trinajstić information content (AvgIpc) is 2.13. The number of allylic oxidation sites excluding steroid dienone is 2. The Morgan fingerprint density at radius 2 is 1.93 bits per heavy atom. The maximum absolute atomic E-state index is 2.50. The predicted molar refractivity (Wildman–Crippen MR) is 62.2 cm³/mol. The van der Waals surface area contributed by atoms with Crippen LogP contribution >= 0.6 is 0 Å². The Hall–Kier alpha value is -0.260. The van der Waals surface area contributed by atoms with Crippen LogP contribution in [0.4, 0.5) is 0 Å². The van der Waals surface area contributed by atoms with E-state index in [2.05, 4.69) is 33.8 Å². The van der Waals surface area contributed by atoms with Gasteiger partial charge in [0.15, 0.2) is 0 Å². The standard InChI is InChI=1S/C14H24/c1-11-8-10-13(2,3)12-7-5-6-9-14(11,12)4/h8,12H,5-7,9-10H2,1-4H3/t12-,14-/m1/s1. The molecule has 2 aliphatic carbocycles. The lowest BCUT2D eigenvalue weighted by Gasteiger charge is -2.53. The fourth-order valence-electron chi connectivity index (χ4n) is 3.85. The largest absolute Gasteiger partial charge is 0.0845 e. The highest BCUT2D eigenvalue weighted by Gasteiger charge is 2.47. The Kier molecular flexibility index (Phi) is 2.28. The summed E-state index contributed by atoms with van der Waals surface area (Å²) >= 11 is 0. The molecule has 0 unspecified atom stereocenters. The molecule has 0 spiro atoms. The second-order valence-electron chi connectivity index (χ2n) is 6.30. The Balaban J connectivity index is 2.38. The van der Waals surface area contributed by atoms with Gasteiger partial charge in [0.2, 0.25) is 0 Å². The van der Waals surface area contributed by atoms with E-state index in [0.717, 1.165) is 5.92 Å². The first-order chi connectivity index (χ1) is 6.47. The molecule has 0 heteroatoms. The van der Waals surface area contributed by atoms with Gasteiger partial charge in [-0.2, -0.15) is 0 Å². The number of hydrogen-bond donors (Lipinski definition) is 0. The van der Waals surface area contributed by atoms with Crippen LogP contribution in [0.1, 0.15) is 59.8 Å². The fraction of sp³-hybridized carbons (Fsp3) is 0.857. The first-order valence-electron chi connectivity index (χ1n) is 6.14. The van der Waals surface area contributed by atoms with E-state index in [1.807, 2.05) is 0 Å². The normalized spacial score (nSPS) is 41.4. The van der Waals surface area contributed by atoms with E-state index in [9.17, 15) is 0 Å². The highest BCUT2D eigenvalue weighted by Crippen LogP contribution is 2.57. The van der Waals surface area contributed by atoms with Crippen molar-refractivity contribution in [3.63, 3.8) is 0 Å². The van der Waals surface area contributed by atoms with E-state index in [1.54, 1.807) is 5.57 Å². The minimum atomic E-state index is 0.528. The summed E-state index contributed by atoms with van der Waals surface area (Å²) in [7, 11) is 0. The van der Waals surface area contributed by atoms with Crippen molar-refractivity contribution >= 4 is 0 Å². The number of hydrogen-bond acceptors (Lipinski definition) is 0. The van der Waals surface area contributed by atoms with Crippen molar-refractivity contribution in [3.05, 3.63) is 11.6 Å². The maximum atomic E-state index is 2.50. The zero-order chi connectivity index (χ0) is 10.4. The number of fused-ring (bicyclic) bond motifs is 1. The molecule has 0 N–H and O–H groups in total. The summed E-state index contributed by atoms with van der Waals surface area (Å²) in [4.78, 5) is 0. The van der Waals surface area contributed by atoms with Crippen molar-refractivity contribution in [1.29, 1.82) is 0 Å². The molecule has 0 amide bonds. The molecule has 2 rings (SSSR count). The fourth-order valence-corrected chi connectivity index (χ4v) is 3.85. The summed E-state index contributed by atoms with van der Waals surface area (Å²) in [6, 6.07) is 0. The van der Waals surface area contributed by atoms with Crippen LogP contribution in [0, 0.1) is 16.7 Å². The molecule has 1 fully saturated rings. The number of rotatable bonds is 0. The molecule has 0 heterocycles. The first kappa shape index (κ1) is 10.3. The van der Waals surface area contributed by atoms with E-state index in [0.29, 0.717) is 10.8 Å². The molecule has 80 valence electrons. The summed E-state index contributed by atoms with van der Waals surface area (Å²) < 4.78 is 0. The van der Waals surface area contributed by atoms with Gasteiger partial charge >= 0.3 is 0 Å². The smallest absolute Gasteiger partial charge is 0.00857 e. The molecule has 0 aromatic heterocycles. The van der Waals surface area contributed by atoms with Crippen molar-refractivity contribution in [2.75, 3.05) is 0 Å². The lowest BCUT2D eigenvalue weighted by molar-refractivity contribution is 0.0318. The van der Waals surface area contributed by atoms with Crippen LogP contribution in [-0.4, -0.2) is 0 Å². The van der Waals surface area contributed by atoms with Crippen molar-refractivity contribution in [3.8, 4) is 0 Å². The molecule has 0 aromatic carbocycles. The van der Waals surface area contributed by atoms with Gasteiger partial charge < -0.3 is 0 Å². The SMILES string of the molecule is CC1=CCC(C)(C)[C@H]2CCCC[C@]12C. The second kappa shape index (κ2) is 3.12. The minimum absolute atomic E-state index is 0.528. The Labute approximate surface area is 88.8 Å². The molecule has 0 nitrogen and oxygen atoms in total. The van der Waals surface area contributed by atoms with E-state index >= 15 is 0 Å². The molecule has 0 radical (unpaired) electrons. The quantitative estimate of drug-likeness (QED) is 0.494. The highest BCUT2D eigenvalue weighted by atomic mass is 14.5. The Morgan fingerprint density at radius 1 is 1.21 bits per heavy atom. The van der Waals surface area contributed by atoms with Crippen LogP contribution in [0.5, 0.6) is 0 Å².